The largest absolute Gasteiger partial charge is 0.326 e. The summed E-state index contributed by atoms with van der Waals surface area (Å²) >= 11 is 5.31. The molecule has 0 saturated carbocycles. The van der Waals surface area contributed by atoms with E-state index in [0.717, 1.165) is 28.2 Å². The maximum atomic E-state index is 13.4. The molecule has 0 radical (unpaired) electrons. The summed E-state index contributed by atoms with van der Waals surface area (Å²) in [7, 11) is 0. The van der Waals surface area contributed by atoms with Crippen LogP contribution in [0, 0.1) is 20.8 Å². The maximum absolute atomic E-state index is 13.4. The van der Waals surface area contributed by atoms with Gasteiger partial charge in [-0.05, 0) is 86.6 Å². The first kappa shape index (κ1) is 23.1. The first-order valence-corrected chi connectivity index (χ1v) is 11.1. The number of para-hydroxylation sites is 1. The van der Waals surface area contributed by atoms with Gasteiger partial charge in [-0.25, -0.2) is 0 Å². The molecule has 7 nitrogen and oxygen atoms in total. The number of benzene rings is 2. The molecule has 0 unspecified atom stereocenters. The minimum Gasteiger partial charge on any atom is -0.326 e. The van der Waals surface area contributed by atoms with Crippen molar-refractivity contribution in [3.63, 3.8) is 0 Å². The fourth-order valence-electron chi connectivity index (χ4n) is 4.07. The van der Waals surface area contributed by atoms with Gasteiger partial charge in [-0.1, -0.05) is 18.2 Å². The molecule has 0 aliphatic carbocycles. The number of aryl methyl sites for hydroxylation is 2. The molecule has 0 spiro atoms. The Morgan fingerprint density at radius 2 is 1.71 bits per heavy atom. The molecule has 34 heavy (non-hydrogen) atoms. The van der Waals surface area contributed by atoms with Crippen molar-refractivity contribution in [1.29, 1.82) is 0 Å². The molecular weight excluding hydrogens is 448 g/mol. The van der Waals surface area contributed by atoms with Crippen LogP contribution in [0.25, 0.3) is 11.8 Å². The molecular formula is C26H24N4O3S. The van der Waals surface area contributed by atoms with Gasteiger partial charge in [0.1, 0.15) is 5.57 Å². The van der Waals surface area contributed by atoms with Crippen LogP contribution in [0.2, 0.25) is 0 Å². The lowest BCUT2D eigenvalue weighted by molar-refractivity contribution is -0.122. The van der Waals surface area contributed by atoms with E-state index in [1.165, 1.54) is 11.8 Å². The third kappa shape index (κ3) is 4.27. The minimum absolute atomic E-state index is 0.0121. The summed E-state index contributed by atoms with van der Waals surface area (Å²) in [6.45, 7) is 7.23. The topological polar surface area (TPSA) is 83.4 Å². The predicted octanol–water partition coefficient (Wildman–Crippen LogP) is 4.19. The maximum Gasteiger partial charge on any atom is 0.270 e. The van der Waals surface area contributed by atoms with Crippen LogP contribution in [-0.4, -0.2) is 27.4 Å². The van der Waals surface area contributed by atoms with Gasteiger partial charge < -0.3 is 9.88 Å². The zero-order valence-corrected chi connectivity index (χ0v) is 20.1. The van der Waals surface area contributed by atoms with Crippen LogP contribution in [0.4, 0.5) is 11.4 Å². The molecule has 2 heterocycles. The zero-order chi connectivity index (χ0) is 24.6. The second-order valence-electron chi connectivity index (χ2n) is 8.13. The molecule has 3 aromatic rings. The van der Waals surface area contributed by atoms with Crippen molar-refractivity contribution in [2.75, 3.05) is 10.2 Å². The number of aromatic nitrogens is 1. The summed E-state index contributed by atoms with van der Waals surface area (Å²) in [4.78, 5) is 38.7. The highest BCUT2D eigenvalue weighted by Gasteiger charge is 2.35. The highest BCUT2D eigenvalue weighted by Crippen LogP contribution is 2.28. The first-order valence-electron chi connectivity index (χ1n) is 10.7. The smallest absolute Gasteiger partial charge is 0.270 e. The van der Waals surface area contributed by atoms with E-state index < -0.39 is 11.8 Å². The van der Waals surface area contributed by atoms with Gasteiger partial charge in [0.15, 0.2) is 5.11 Å². The van der Waals surface area contributed by atoms with Crippen LogP contribution in [0.15, 0.2) is 60.2 Å². The lowest BCUT2D eigenvalue weighted by atomic mass is 10.1. The van der Waals surface area contributed by atoms with E-state index in [4.69, 9.17) is 12.2 Å². The molecule has 8 heteroatoms. The average Bonchev–Trinajstić information content (AvgIpc) is 3.05. The van der Waals surface area contributed by atoms with E-state index in [-0.39, 0.29) is 16.6 Å². The molecule has 1 aromatic heterocycles. The van der Waals surface area contributed by atoms with Crippen LogP contribution in [-0.2, 0) is 14.4 Å². The molecule has 0 atom stereocenters. The number of nitrogens with one attached hydrogen (secondary N) is 2. The van der Waals surface area contributed by atoms with Crippen molar-refractivity contribution in [1.82, 2.24) is 9.88 Å². The van der Waals surface area contributed by atoms with Crippen molar-refractivity contribution >= 4 is 52.5 Å². The second-order valence-corrected chi connectivity index (χ2v) is 8.52. The predicted molar refractivity (Wildman–Crippen MR) is 137 cm³/mol. The van der Waals surface area contributed by atoms with Crippen LogP contribution < -0.4 is 15.5 Å². The monoisotopic (exact) mass is 472 g/mol. The molecule has 2 aromatic carbocycles. The fourth-order valence-corrected chi connectivity index (χ4v) is 4.35. The van der Waals surface area contributed by atoms with E-state index in [2.05, 4.69) is 10.6 Å². The SMILES string of the molecule is CC(=O)Nc1ccc(-n2c(C)cc(/C=C3\C(=O)NC(=S)N(c4ccccc4C)C3=O)c2C)cc1. The second kappa shape index (κ2) is 9.07. The quantitative estimate of drug-likeness (QED) is 0.339. The molecule has 4 rings (SSSR count). The number of anilines is 2. The number of hydrogen-bond donors (Lipinski definition) is 2. The van der Waals surface area contributed by atoms with E-state index >= 15 is 0 Å². The van der Waals surface area contributed by atoms with Crippen LogP contribution in [0.3, 0.4) is 0 Å². The van der Waals surface area contributed by atoms with Gasteiger partial charge in [-0.2, -0.15) is 0 Å². The van der Waals surface area contributed by atoms with E-state index in [1.54, 1.807) is 12.1 Å². The summed E-state index contributed by atoms with van der Waals surface area (Å²) in [5, 5.41) is 5.45. The van der Waals surface area contributed by atoms with Crippen molar-refractivity contribution in [2.24, 2.45) is 0 Å². The normalized spacial score (nSPS) is 15.0. The van der Waals surface area contributed by atoms with Gasteiger partial charge in [-0.15, -0.1) is 0 Å². The number of rotatable bonds is 4. The molecule has 1 aliphatic rings. The van der Waals surface area contributed by atoms with Gasteiger partial charge in [0.2, 0.25) is 5.91 Å². The lowest BCUT2D eigenvalue weighted by Crippen LogP contribution is -2.54. The van der Waals surface area contributed by atoms with Crippen molar-refractivity contribution in [2.45, 2.75) is 27.7 Å². The molecule has 2 N–H and O–H groups in total. The Morgan fingerprint density at radius 3 is 2.35 bits per heavy atom. The molecule has 0 bridgehead atoms. The minimum atomic E-state index is -0.524. The first-order chi connectivity index (χ1) is 16.2. The fraction of sp³-hybridized carbons (Fsp3) is 0.154. The summed E-state index contributed by atoms with van der Waals surface area (Å²) < 4.78 is 2.03. The van der Waals surface area contributed by atoms with Gasteiger partial charge in [0.05, 0.1) is 5.69 Å². The molecule has 3 amide bonds. The number of nitrogens with zero attached hydrogens (tertiary/aromatic N) is 2. The number of carbonyl (C=O) groups is 3. The van der Waals surface area contributed by atoms with E-state index in [0.29, 0.717) is 11.4 Å². The molecule has 1 aliphatic heterocycles. The number of amides is 3. The Morgan fingerprint density at radius 1 is 1.03 bits per heavy atom. The Bertz CT molecular complexity index is 1370. The van der Waals surface area contributed by atoms with Gasteiger partial charge in [0.25, 0.3) is 11.8 Å². The molecule has 1 fully saturated rings. The number of hydrogen-bond acceptors (Lipinski definition) is 4. The average molecular weight is 473 g/mol. The van der Waals surface area contributed by atoms with E-state index in [9.17, 15) is 14.4 Å². The lowest BCUT2D eigenvalue weighted by Gasteiger charge is -2.30. The highest BCUT2D eigenvalue weighted by molar-refractivity contribution is 7.80. The third-order valence-corrected chi connectivity index (χ3v) is 5.96. The van der Waals surface area contributed by atoms with E-state index in [1.807, 2.05) is 73.9 Å². The Hall–Kier alpha value is -4.04. The number of carbonyl (C=O) groups excluding carboxylic acids is 3. The standard InChI is InChI=1S/C26H24N4O3S/c1-15-7-5-6-8-23(15)30-25(33)22(24(32)28-26(30)34)14-19-13-16(2)29(17(19)3)21-11-9-20(10-12-21)27-18(4)31/h5-14H,1-4H3,(H,27,31)(H,28,32,34)/b22-14+. The third-order valence-electron chi connectivity index (χ3n) is 5.67. The Kier molecular flexibility index (Phi) is 6.17. The van der Waals surface area contributed by atoms with Crippen LogP contribution >= 0.6 is 12.2 Å². The van der Waals surface area contributed by atoms with Crippen LogP contribution in [0.5, 0.6) is 0 Å². The van der Waals surface area contributed by atoms with Crippen molar-refractivity contribution in [3.05, 3.63) is 82.7 Å². The molecule has 172 valence electrons. The Labute approximate surface area is 203 Å². The van der Waals surface area contributed by atoms with Gasteiger partial charge >= 0.3 is 0 Å². The summed E-state index contributed by atoms with van der Waals surface area (Å²) in [5.74, 6) is -1.12. The van der Waals surface area contributed by atoms with Crippen molar-refractivity contribution in [3.8, 4) is 5.69 Å². The summed E-state index contributed by atoms with van der Waals surface area (Å²) in [5.41, 5.74) is 5.68. The molecule has 1 saturated heterocycles. The van der Waals surface area contributed by atoms with Gasteiger partial charge in [-0.3, -0.25) is 24.6 Å². The van der Waals surface area contributed by atoms with Crippen LogP contribution in [0.1, 0.15) is 29.4 Å². The summed E-state index contributed by atoms with van der Waals surface area (Å²) in [6, 6.07) is 16.8. The Balaban J connectivity index is 1.72. The summed E-state index contributed by atoms with van der Waals surface area (Å²) in [6.07, 6.45) is 1.61. The highest BCUT2D eigenvalue weighted by atomic mass is 32.1. The van der Waals surface area contributed by atoms with Crippen molar-refractivity contribution < 1.29 is 14.4 Å². The zero-order valence-electron chi connectivity index (χ0n) is 19.3. The number of thiocarbonyl (C=S) groups is 1. The van der Waals surface area contributed by atoms with Gasteiger partial charge in [0, 0.05) is 29.7 Å².